The van der Waals surface area contributed by atoms with Gasteiger partial charge in [0.25, 0.3) is 0 Å². The smallest absolute Gasteiger partial charge is 0.134 e. The van der Waals surface area contributed by atoms with E-state index in [1.165, 1.54) is 0 Å². The van der Waals surface area contributed by atoms with Crippen molar-refractivity contribution in [2.75, 3.05) is 0 Å². The van der Waals surface area contributed by atoms with Gasteiger partial charge in [-0.15, -0.1) is 11.3 Å². The predicted molar refractivity (Wildman–Crippen MR) is 95.7 cm³/mol. The van der Waals surface area contributed by atoms with Crippen LogP contribution in [0.3, 0.4) is 0 Å². The van der Waals surface area contributed by atoms with E-state index in [4.69, 9.17) is 16.0 Å². The first-order valence-corrected chi connectivity index (χ1v) is 8.41. The van der Waals surface area contributed by atoms with Gasteiger partial charge in [-0.3, -0.25) is 4.98 Å². The number of pyridine rings is 1. The monoisotopic (exact) mass is 337 g/mol. The highest BCUT2D eigenvalue weighted by atomic mass is 35.5. The lowest BCUT2D eigenvalue weighted by molar-refractivity contribution is 0.582. The molecule has 3 aromatic heterocycles. The van der Waals surface area contributed by atoms with Crippen LogP contribution in [0.1, 0.15) is 0 Å². The summed E-state index contributed by atoms with van der Waals surface area (Å²) in [7, 11) is 0. The highest BCUT2D eigenvalue weighted by Crippen LogP contribution is 2.35. The fraction of sp³-hybridized carbons (Fsp3) is 0. The van der Waals surface area contributed by atoms with Crippen LogP contribution < -0.4 is 0 Å². The summed E-state index contributed by atoms with van der Waals surface area (Å²) < 4.78 is 5.63. The molecule has 0 aliphatic rings. The zero-order valence-electron chi connectivity index (χ0n) is 12.1. The van der Waals surface area contributed by atoms with E-state index in [9.17, 15) is 0 Å². The van der Waals surface area contributed by atoms with Gasteiger partial charge in [-0.05, 0) is 47.3 Å². The van der Waals surface area contributed by atoms with E-state index < -0.39 is 0 Å². The molecule has 0 saturated carbocycles. The van der Waals surface area contributed by atoms with Gasteiger partial charge in [-0.25, -0.2) is 0 Å². The van der Waals surface area contributed by atoms with Crippen molar-refractivity contribution >= 4 is 22.9 Å². The first-order chi connectivity index (χ1) is 11.3. The molecule has 0 aliphatic carbocycles. The Kier molecular flexibility index (Phi) is 3.74. The maximum Gasteiger partial charge on any atom is 0.134 e. The second-order valence-corrected chi connectivity index (χ2v) is 6.46. The van der Waals surface area contributed by atoms with Crippen LogP contribution in [0.5, 0.6) is 0 Å². The summed E-state index contributed by atoms with van der Waals surface area (Å²) >= 11 is 7.67. The number of halogens is 1. The summed E-state index contributed by atoms with van der Waals surface area (Å²) in [5.74, 6) is 0.829. The molecule has 0 unspecified atom stereocenters. The van der Waals surface area contributed by atoms with Gasteiger partial charge in [-0.1, -0.05) is 29.8 Å². The van der Waals surface area contributed by atoms with Crippen molar-refractivity contribution < 1.29 is 4.42 Å². The standard InChI is InChI=1S/C19H12ClNOS/c20-14-7-5-13(6-8-14)16-12-21-17(19-4-2-10-23-19)11-15(16)18-3-1-9-22-18/h1-12H. The number of hydrogen-bond acceptors (Lipinski definition) is 3. The van der Waals surface area contributed by atoms with Crippen LogP contribution in [0, 0.1) is 0 Å². The maximum absolute atomic E-state index is 6.00. The molecule has 4 aromatic rings. The predicted octanol–water partition coefficient (Wildman–Crippen LogP) is 6.39. The molecular weight excluding hydrogens is 326 g/mol. The molecule has 112 valence electrons. The lowest BCUT2D eigenvalue weighted by Gasteiger charge is -2.09. The van der Waals surface area contributed by atoms with E-state index in [1.807, 2.05) is 48.7 Å². The Labute approximate surface area is 143 Å². The third kappa shape index (κ3) is 2.81. The molecular formula is C19H12ClNOS. The molecule has 0 amide bonds. The summed E-state index contributed by atoms with van der Waals surface area (Å²) in [4.78, 5) is 5.77. The summed E-state index contributed by atoms with van der Waals surface area (Å²) in [5.41, 5.74) is 4.06. The van der Waals surface area contributed by atoms with E-state index in [2.05, 4.69) is 22.5 Å². The summed E-state index contributed by atoms with van der Waals surface area (Å²) in [6.45, 7) is 0. The molecule has 2 nitrogen and oxygen atoms in total. The van der Waals surface area contributed by atoms with Crippen molar-refractivity contribution in [3.05, 3.63) is 77.5 Å². The molecule has 0 radical (unpaired) electrons. The normalized spacial score (nSPS) is 10.8. The highest BCUT2D eigenvalue weighted by Gasteiger charge is 2.13. The number of aromatic nitrogens is 1. The second kappa shape index (κ2) is 6.03. The average molecular weight is 338 g/mol. The molecule has 4 heteroatoms. The van der Waals surface area contributed by atoms with Gasteiger partial charge in [0.1, 0.15) is 5.76 Å². The minimum absolute atomic E-state index is 0.719. The van der Waals surface area contributed by atoms with Crippen LogP contribution in [0.15, 0.2) is 76.9 Å². The lowest BCUT2D eigenvalue weighted by atomic mass is 9.99. The maximum atomic E-state index is 6.00. The van der Waals surface area contributed by atoms with Crippen molar-refractivity contribution in [3.63, 3.8) is 0 Å². The van der Waals surface area contributed by atoms with Crippen LogP contribution in [0.25, 0.3) is 33.0 Å². The minimum Gasteiger partial charge on any atom is -0.464 e. The molecule has 3 heterocycles. The van der Waals surface area contributed by atoms with Crippen molar-refractivity contribution in [2.24, 2.45) is 0 Å². The van der Waals surface area contributed by atoms with Gasteiger partial charge < -0.3 is 4.42 Å². The topological polar surface area (TPSA) is 26.0 Å². The molecule has 0 fully saturated rings. The van der Waals surface area contributed by atoms with Gasteiger partial charge >= 0.3 is 0 Å². The summed E-state index contributed by atoms with van der Waals surface area (Å²) in [6.07, 6.45) is 3.59. The van der Waals surface area contributed by atoms with Crippen molar-refractivity contribution in [3.8, 4) is 33.0 Å². The van der Waals surface area contributed by atoms with E-state index in [1.54, 1.807) is 17.6 Å². The van der Waals surface area contributed by atoms with Gasteiger partial charge in [0.05, 0.1) is 16.8 Å². The van der Waals surface area contributed by atoms with Crippen molar-refractivity contribution in [1.29, 1.82) is 0 Å². The Bertz CT molecular complexity index is 913. The third-order valence-corrected chi connectivity index (χ3v) is 4.76. The molecule has 0 spiro atoms. The van der Waals surface area contributed by atoms with E-state index in [0.717, 1.165) is 38.0 Å². The number of hydrogen-bond donors (Lipinski definition) is 0. The zero-order valence-corrected chi connectivity index (χ0v) is 13.6. The van der Waals surface area contributed by atoms with Crippen LogP contribution in [-0.2, 0) is 0 Å². The fourth-order valence-electron chi connectivity index (χ4n) is 2.51. The fourth-order valence-corrected chi connectivity index (χ4v) is 3.33. The molecule has 0 bridgehead atoms. The van der Waals surface area contributed by atoms with Crippen LogP contribution in [0.4, 0.5) is 0 Å². The lowest BCUT2D eigenvalue weighted by Crippen LogP contribution is -1.89. The Morgan fingerprint density at radius 1 is 0.957 bits per heavy atom. The number of thiophene rings is 1. The van der Waals surface area contributed by atoms with E-state index >= 15 is 0 Å². The molecule has 0 aliphatic heterocycles. The van der Waals surface area contributed by atoms with Crippen LogP contribution >= 0.6 is 22.9 Å². The summed E-state index contributed by atoms with van der Waals surface area (Å²) in [5, 5.41) is 2.77. The van der Waals surface area contributed by atoms with Gasteiger partial charge in [0, 0.05) is 22.3 Å². The quantitative estimate of drug-likeness (QED) is 0.433. The molecule has 1 aromatic carbocycles. The van der Waals surface area contributed by atoms with Gasteiger partial charge in [0.2, 0.25) is 0 Å². The van der Waals surface area contributed by atoms with Gasteiger partial charge in [-0.2, -0.15) is 0 Å². The summed E-state index contributed by atoms with van der Waals surface area (Å²) in [6, 6.07) is 17.8. The van der Waals surface area contributed by atoms with Crippen molar-refractivity contribution in [1.82, 2.24) is 4.98 Å². The number of benzene rings is 1. The van der Waals surface area contributed by atoms with Gasteiger partial charge in [0.15, 0.2) is 0 Å². The van der Waals surface area contributed by atoms with Crippen LogP contribution in [0.2, 0.25) is 5.02 Å². The average Bonchev–Trinajstić information content (AvgIpc) is 3.29. The Morgan fingerprint density at radius 2 is 1.83 bits per heavy atom. The number of nitrogens with zero attached hydrogens (tertiary/aromatic N) is 1. The Morgan fingerprint density at radius 3 is 2.52 bits per heavy atom. The SMILES string of the molecule is Clc1ccc(-c2cnc(-c3cccs3)cc2-c2ccco2)cc1. The largest absolute Gasteiger partial charge is 0.464 e. The zero-order chi connectivity index (χ0) is 15.6. The Hall–Kier alpha value is -2.36. The third-order valence-electron chi connectivity index (χ3n) is 3.62. The first kappa shape index (κ1) is 14.2. The van der Waals surface area contributed by atoms with E-state index in [-0.39, 0.29) is 0 Å². The molecule has 0 atom stereocenters. The molecule has 23 heavy (non-hydrogen) atoms. The Balaban J connectivity index is 1.90. The minimum atomic E-state index is 0.719. The first-order valence-electron chi connectivity index (χ1n) is 7.15. The second-order valence-electron chi connectivity index (χ2n) is 5.08. The number of furan rings is 1. The molecule has 0 N–H and O–H groups in total. The highest BCUT2D eigenvalue weighted by molar-refractivity contribution is 7.13. The number of rotatable bonds is 3. The van der Waals surface area contributed by atoms with Crippen molar-refractivity contribution in [2.45, 2.75) is 0 Å². The van der Waals surface area contributed by atoms with Crippen LogP contribution in [-0.4, -0.2) is 4.98 Å². The van der Waals surface area contributed by atoms with E-state index in [0.29, 0.717) is 0 Å². The molecule has 4 rings (SSSR count). The molecule has 0 saturated heterocycles.